The number of hydrogen-bond donors (Lipinski definition) is 2. The van der Waals surface area contributed by atoms with Gasteiger partial charge in [-0.25, -0.2) is 4.79 Å². The molecule has 0 aromatic rings. The Morgan fingerprint density at radius 3 is 2.23 bits per heavy atom. The summed E-state index contributed by atoms with van der Waals surface area (Å²) in [4.78, 5) is 10.1. The van der Waals surface area contributed by atoms with Crippen molar-refractivity contribution in [1.82, 2.24) is 5.06 Å². The van der Waals surface area contributed by atoms with Crippen molar-refractivity contribution >= 4 is 6.09 Å². The maximum Gasteiger partial charge on any atom is 0.431 e. The number of nitrogens with zero attached hydrogens (tertiary/aromatic N) is 1. The number of carboxylic acid groups (broad SMARTS) is 1. The standard InChI is InChI=1S/C9H19NO3/c1-2-3-4-5-6-7-8-10(13)9(11)12/h13H,2-8H2,1H3,(H,11,12). The first-order chi connectivity index (χ1) is 6.18. The summed E-state index contributed by atoms with van der Waals surface area (Å²) in [6.07, 6.45) is 5.24. The van der Waals surface area contributed by atoms with E-state index in [4.69, 9.17) is 10.3 Å². The van der Waals surface area contributed by atoms with Gasteiger partial charge in [0.1, 0.15) is 0 Å². The van der Waals surface area contributed by atoms with Crippen molar-refractivity contribution in [2.75, 3.05) is 6.54 Å². The first-order valence-electron chi connectivity index (χ1n) is 4.87. The topological polar surface area (TPSA) is 60.8 Å². The average Bonchev–Trinajstić information content (AvgIpc) is 2.10. The number of hydroxylamine groups is 2. The van der Waals surface area contributed by atoms with Crippen LogP contribution in [0.3, 0.4) is 0 Å². The summed E-state index contributed by atoms with van der Waals surface area (Å²) in [5, 5.41) is 17.4. The molecule has 0 bridgehead atoms. The largest absolute Gasteiger partial charge is 0.463 e. The van der Waals surface area contributed by atoms with Gasteiger partial charge in [-0.05, 0) is 6.42 Å². The van der Waals surface area contributed by atoms with Crippen molar-refractivity contribution in [2.45, 2.75) is 45.4 Å². The molecule has 0 saturated carbocycles. The van der Waals surface area contributed by atoms with Crippen molar-refractivity contribution in [3.63, 3.8) is 0 Å². The van der Waals surface area contributed by atoms with Gasteiger partial charge >= 0.3 is 6.09 Å². The summed E-state index contributed by atoms with van der Waals surface area (Å²) >= 11 is 0. The molecule has 0 spiro atoms. The normalized spacial score (nSPS) is 10.0. The Kier molecular flexibility index (Phi) is 7.39. The van der Waals surface area contributed by atoms with Gasteiger partial charge < -0.3 is 5.11 Å². The highest BCUT2D eigenvalue weighted by molar-refractivity contribution is 5.63. The molecule has 0 aliphatic rings. The second-order valence-corrected chi connectivity index (χ2v) is 3.17. The van der Waals surface area contributed by atoms with E-state index in [1.807, 2.05) is 0 Å². The van der Waals surface area contributed by atoms with Crippen LogP contribution in [-0.4, -0.2) is 28.0 Å². The molecule has 13 heavy (non-hydrogen) atoms. The Bertz CT molecular complexity index is 139. The van der Waals surface area contributed by atoms with Gasteiger partial charge in [-0.2, -0.15) is 5.06 Å². The van der Waals surface area contributed by atoms with Gasteiger partial charge in [-0.15, -0.1) is 0 Å². The molecule has 4 nitrogen and oxygen atoms in total. The van der Waals surface area contributed by atoms with Gasteiger partial charge in [0.25, 0.3) is 0 Å². The minimum atomic E-state index is -1.27. The molecule has 0 aromatic carbocycles. The van der Waals surface area contributed by atoms with Crippen LogP contribution in [0, 0.1) is 0 Å². The van der Waals surface area contributed by atoms with E-state index in [0.29, 0.717) is 5.06 Å². The van der Waals surface area contributed by atoms with Crippen molar-refractivity contribution in [3.8, 4) is 0 Å². The maximum atomic E-state index is 10.1. The third-order valence-corrected chi connectivity index (χ3v) is 1.94. The van der Waals surface area contributed by atoms with Crippen LogP contribution >= 0.6 is 0 Å². The molecule has 0 unspecified atom stereocenters. The number of hydrogen-bond acceptors (Lipinski definition) is 2. The van der Waals surface area contributed by atoms with E-state index in [0.717, 1.165) is 19.3 Å². The van der Waals surface area contributed by atoms with Gasteiger partial charge in [0.2, 0.25) is 0 Å². The highest BCUT2D eigenvalue weighted by Gasteiger charge is 2.05. The van der Waals surface area contributed by atoms with Crippen LogP contribution in [0.5, 0.6) is 0 Å². The summed E-state index contributed by atoms with van der Waals surface area (Å²) in [5.41, 5.74) is 0. The average molecular weight is 189 g/mol. The van der Waals surface area contributed by atoms with Crippen LogP contribution in [0.1, 0.15) is 45.4 Å². The predicted molar refractivity (Wildman–Crippen MR) is 49.9 cm³/mol. The van der Waals surface area contributed by atoms with Gasteiger partial charge in [0.15, 0.2) is 0 Å². The maximum absolute atomic E-state index is 10.1. The summed E-state index contributed by atoms with van der Waals surface area (Å²) < 4.78 is 0. The fraction of sp³-hybridized carbons (Fsp3) is 0.889. The van der Waals surface area contributed by atoms with Crippen LogP contribution in [-0.2, 0) is 0 Å². The quantitative estimate of drug-likeness (QED) is 0.368. The molecule has 78 valence electrons. The van der Waals surface area contributed by atoms with Gasteiger partial charge in [-0.3, -0.25) is 5.21 Å². The molecule has 2 N–H and O–H groups in total. The van der Waals surface area contributed by atoms with Crippen molar-refractivity contribution in [3.05, 3.63) is 0 Å². The molecule has 0 fully saturated rings. The van der Waals surface area contributed by atoms with Crippen molar-refractivity contribution in [2.24, 2.45) is 0 Å². The molecule has 0 aliphatic carbocycles. The van der Waals surface area contributed by atoms with Crippen LogP contribution in [0.4, 0.5) is 4.79 Å². The molecule has 1 amide bonds. The Morgan fingerprint density at radius 2 is 1.69 bits per heavy atom. The Morgan fingerprint density at radius 1 is 1.15 bits per heavy atom. The Balaban J connectivity index is 3.11. The minimum absolute atomic E-state index is 0.224. The van der Waals surface area contributed by atoms with Gasteiger partial charge in [0, 0.05) is 0 Å². The van der Waals surface area contributed by atoms with E-state index in [1.54, 1.807) is 0 Å². The lowest BCUT2D eigenvalue weighted by Crippen LogP contribution is -2.26. The summed E-state index contributed by atoms with van der Waals surface area (Å²) in [5.74, 6) is 0. The van der Waals surface area contributed by atoms with E-state index in [-0.39, 0.29) is 6.54 Å². The predicted octanol–water partition coefficient (Wildman–Crippen LogP) is 2.72. The van der Waals surface area contributed by atoms with Gasteiger partial charge in [0.05, 0.1) is 6.54 Å². The number of rotatable bonds is 7. The zero-order valence-electron chi connectivity index (χ0n) is 8.20. The lowest BCUT2D eigenvalue weighted by atomic mass is 10.1. The smallest absolute Gasteiger partial charge is 0.431 e. The van der Waals surface area contributed by atoms with E-state index < -0.39 is 6.09 Å². The molecule has 4 heteroatoms. The first-order valence-corrected chi connectivity index (χ1v) is 4.87. The van der Waals surface area contributed by atoms with E-state index in [1.165, 1.54) is 19.3 Å². The van der Waals surface area contributed by atoms with Crippen LogP contribution in [0.25, 0.3) is 0 Å². The Labute approximate surface area is 79.1 Å². The van der Waals surface area contributed by atoms with E-state index in [9.17, 15) is 4.79 Å². The molecule has 0 saturated heterocycles. The van der Waals surface area contributed by atoms with E-state index >= 15 is 0 Å². The second-order valence-electron chi connectivity index (χ2n) is 3.17. The fourth-order valence-electron chi connectivity index (χ4n) is 1.14. The minimum Gasteiger partial charge on any atom is -0.463 e. The summed E-state index contributed by atoms with van der Waals surface area (Å²) in [6.45, 7) is 2.38. The SMILES string of the molecule is CCCCCCCCN(O)C(=O)O. The molecule has 0 atom stereocenters. The van der Waals surface area contributed by atoms with E-state index in [2.05, 4.69) is 6.92 Å². The molecule has 0 aliphatic heterocycles. The molecular formula is C9H19NO3. The van der Waals surface area contributed by atoms with Crippen LogP contribution < -0.4 is 0 Å². The number of unbranched alkanes of at least 4 members (excludes halogenated alkanes) is 5. The monoisotopic (exact) mass is 189 g/mol. The Hall–Kier alpha value is -0.770. The lowest BCUT2D eigenvalue weighted by Gasteiger charge is -2.09. The highest BCUT2D eigenvalue weighted by Crippen LogP contribution is 2.05. The third kappa shape index (κ3) is 7.59. The summed E-state index contributed by atoms with van der Waals surface area (Å²) in [6, 6.07) is 0. The molecular weight excluding hydrogens is 170 g/mol. The second kappa shape index (κ2) is 7.86. The van der Waals surface area contributed by atoms with Crippen LogP contribution in [0.15, 0.2) is 0 Å². The van der Waals surface area contributed by atoms with Crippen LogP contribution in [0.2, 0.25) is 0 Å². The highest BCUT2D eigenvalue weighted by atomic mass is 16.6. The number of carbonyl (C=O) groups is 1. The fourth-order valence-corrected chi connectivity index (χ4v) is 1.14. The molecule has 0 aromatic heterocycles. The summed E-state index contributed by atoms with van der Waals surface area (Å²) in [7, 11) is 0. The lowest BCUT2D eigenvalue weighted by molar-refractivity contribution is -0.0645. The van der Waals surface area contributed by atoms with Crippen molar-refractivity contribution in [1.29, 1.82) is 0 Å². The first kappa shape index (κ1) is 12.2. The zero-order valence-corrected chi connectivity index (χ0v) is 8.20. The zero-order chi connectivity index (χ0) is 10.1. The van der Waals surface area contributed by atoms with Gasteiger partial charge in [-0.1, -0.05) is 39.0 Å². The molecule has 0 radical (unpaired) electrons. The molecule has 0 rings (SSSR count). The molecule has 0 heterocycles. The third-order valence-electron chi connectivity index (χ3n) is 1.94. The number of amides is 1. The van der Waals surface area contributed by atoms with Crippen molar-refractivity contribution < 1.29 is 15.1 Å².